The van der Waals surface area contributed by atoms with E-state index in [4.69, 9.17) is 22.5 Å². The van der Waals surface area contributed by atoms with Crippen molar-refractivity contribution < 1.29 is 4.52 Å². The molecule has 0 bridgehead atoms. The topological polar surface area (TPSA) is 52.0 Å². The SMILES string of the molecule is Cc1noc(C)c1CSCCC(N)=S. The summed E-state index contributed by atoms with van der Waals surface area (Å²) in [6.07, 6.45) is 0.795. The molecule has 0 aliphatic rings. The van der Waals surface area contributed by atoms with Crippen LogP contribution in [-0.4, -0.2) is 15.9 Å². The molecule has 2 N–H and O–H groups in total. The fraction of sp³-hybridized carbons (Fsp3) is 0.556. The predicted octanol–water partition coefficient (Wildman–Crippen LogP) is 2.20. The summed E-state index contributed by atoms with van der Waals surface area (Å²) in [6.45, 7) is 3.89. The van der Waals surface area contributed by atoms with Crippen LogP contribution in [0.3, 0.4) is 0 Å². The third-order valence-corrected chi connectivity index (χ3v) is 3.11. The molecule has 0 aliphatic heterocycles. The second-order valence-corrected chi connectivity index (χ2v) is 4.70. The highest BCUT2D eigenvalue weighted by molar-refractivity contribution is 7.98. The number of hydrogen-bond acceptors (Lipinski definition) is 4. The number of aromatic nitrogens is 1. The molecule has 1 rings (SSSR count). The molecular formula is C9H14N2OS2. The predicted molar refractivity (Wildman–Crippen MR) is 63.5 cm³/mol. The van der Waals surface area contributed by atoms with Crippen molar-refractivity contribution in [3.8, 4) is 0 Å². The van der Waals surface area contributed by atoms with Crippen LogP contribution in [0.15, 0.2) is 4.52 Å². The molecule has 0 atom stereocenters. The lowest BCUT2D eigenvalue weighted by molar-refractivity contribution is 0.392. The average Bonchev–Trinajstić information content (AvgIpc) is 2.42. The monoisotopic (exact) mass is 230 g/mol. The summed E-state index contributed by atoms with van der Waals surface area (Å²) in [4.78, 5) is 0.580. The van der Waals surface area contributed by atoms with Gasteiger partial charge in [-0.1, -0.05) is 17.4 Å². The molecule has 0 amide bonds. The van der Waals surface area contributed by atoms with Crippen molar-refractivity contribution in [1.29, 1.82) is 0 Å². The molecule has 0 aliphatic carbocycles. The maximum absolute atomic E-state index is 5.40. The molecule has 0 spiro atoms. The number of rotatable bonds is 5. The van der Waals surface area contributed by atoms with Gasteiger partial charge in [-0.15, -0.1) is 0 Å². The normalized spacial score (nSPS) is 10.4. The molecule has 5 heteroatoms. The average molecular weight is 230 g/mol. The van der Waals surface area contributed by atoms with E-state index >= 15 is 0 Å². The third-order valence-electron chi connectivity index (χ3n) is 1.92. The molecule has 0 unspecified atom stereocenters. The Bertz CT molecular complexity index is 303. The zero-order valence-corrected chi connectivity index (χ0v) is 10.0. The van der Waals surface area contributed by atoms with Gasteiger partial charge in [-0.3, -0.25) is 0 Å². The Balaban J connectivity index is 2.34. The zero-order valence-electron chi connectivity index (χ0n) is 8.37. The standard InChI is InChI=1S/C9H14N2OS2/c1-6-8(7(2)12-11-6)5-14-4-3-9(10)13/h3-5H2,1-2H3,(H2,10,13). The van der Waals surface area contributed by atoms with Gasteiger partial charge >= 0.3 is 0 Å². The van der Waals surface area contributed by atoms with E-state index in [1.54, 1.807) is 11.8 Å². The van der Waals surface area contributed by atoms with Gasteiger partial charge in [0.1, 0.15) is 5.76 Å². The summed E-state index contributed by atoms with van der Waals surface area (Å²) in [5.74, 6) is 2.79. The molecule has 0 fully saturated rings. The zero-order chi connectivity index (χ0) is 10.6. The van der Waals surface area contributed by atoms with E-state index in [0.29, 0.717) is 4.99 Å². The molecule has 1 aromatic rings. The molecule has 0 saturated heterocycles. The summed E-state index contributed by atoms with van der Waals surface area (Å²) >= 11 is 6.59. The number of nitrogens with two attached hydrogens (primary N) is 1. The summed E-state index contributed by atoms with van der Waals surface area (Å²) in [5.41, 5.74) is 7.57. The lowest BCUT2D eigenvalue weighted by atomic mass is 10.2. The van der Waals surface area contributed by atoms with Crippen molar-refractivity contribution >= 4 is 29.0 Å². The van der Waals surface area contributed by atoms with E-state index in [9.17, 15) is 0 Å². The molecule has 1 aromatic heterocycles. The van der Waals surface area contributed by atoms with Crippen molar-refractivity contribution in [1.82, 2.24) is 5.16 Å². The minimum absolute atomic E-state index is 0.580. The van der Waals surface area contributed by atoms with Crippen molar-refractivity contribution in [2.24, 2.45) is 5.73 Å². The summed E-state index contributed by atoms with van der Waals surface area (Å²) in [5, 5.41) is 3.89. The second-order valence-electron chi connectivity index (χ2n) is 3.07. The van der Waals surface area contributed by atoms with E-state index in [1.807, 2.05) is 13.8 Å². The Morgan fingerprint density at radius 3 is 2.79 bits per heavy atom. The maximum Gasteiger partial charge on any atom is 0.137 e. The molecule has 1 heterocycles. The fourth-order valence-corrected chi connectivity index (χ4v) is 2.41. The highest BCUT2D eigenvalue weighted by atomic mass is 32.2. The molecule has 14 heavy (non-hydrogen) atoms. The minimum atomic E-state index is 0.580. The van der Waals surface area contributed by atoms with Crippen LogP contribution >= 0.6 is 24.0 Å². The summed E-state index contributed by atoms with van der Waals surface area (Å²) in [6, 6.07) is 0. The third kappa shape index (κ3) is 3.31. The number of thioether (sulfide) groups is 1. The van der Waals surface area contributed by atoms with E-state index in [1.165, 1.54) is 5.56 Å². The van der Waals surface area contributed by atoms with Gasteiger partial charge in [-0.05, 0) is 19.6 Å². The van der Waals surface area contributed by atoms with Gasteiger partial charge in [0.2, 0.25) is 0 Å². The van der Waals surface area contributed by atoms with Crippen LogP contribution in [0, 0.1) is 13.8 Å². The van der Waals surface area contributed by atoms with Gasteiger partial charge in [-0.2, -0.15) is 11.8 Å². The van der Waals surface area contributed by atoms with Gasteiger partial charge in [-0.25, -0.2) is 0 Å². The van der Waals surface area contributed by atoms with Crippen LogP contribution < -0.4 is 5.73 Å². The number of hydrogen-bond donors (Lipinski definition) is 1. The molecule has 0 radical (unpaired) electrons. The Labute approximate surface area is 93.4 Å². The van der Waals surface area contributed by atoms with Crippen LogP contribution in [-0.2, 0) is 5.75 Å². The lowest BCUT2D eigenvalue weighted by Crippen LogP contribution is -2.08. The Morgan fingerprint density at radius 2 is 2.29 bits per heavy atom. The molecule has 0 aromatic carbocycles. The highest BCUT2D eigenvalue weighted by Crippen LogP contribution is 2.19. The van der Waals surface area contributed by atoms with Gasteiger partial charge in [0.25, 0.3) is 0 Å². The minimum Gasteiger partial charge on any atom is -0.393 e. The number of aryl methyl sites for hydroxylation is 2. The Morgan fingerprint density at radius 1 is 1.57 bits per heavy atom. The van der Waals surface area contributed by atoms with Gasteiger partial charge in [0.15, 0.2) is 0 Å². The summed E-state index contributed by atoms with van der Waals surface area (Å²) in [7, 11) is 0. The molecular weight excluding hydrogens is 216 g/mol. The van der Waals surface area contributed by atoms with E-state index in [0.717, 1.165) is 29.4 Å². The van der Waals surface area contributed by atoms with Gasteiger partial charge < -0.3 is 10.3 Å². The maximum atomic E-state index is 5.40. The van der Waals surface area contributed by atoms with E-state index in [-0.39, 0.29) is 0 Å². The smallest absolute Gasteiger partial charge is 0.137 e. The first-order valence-electron chi connectivity index (χ1n) is 4.39. The van der Waals surface area contributed by atoms with Crippen LogP contribution in [0.5, 0.6) is 0 Å². The quantitative estimate of drug-likeness (QED) is 0.621. The van der Waals surface area contributed by atoms with Crippen LogP contribution in [0.4, 0.5) is 0 Å². The second kappa shape index (κ2) is 5.36. The molecule has 78 valence electrons. The van der Waals surface area contributed by atoms with Crippen molar-refractivity contribution in [3.63, 3.8) is 0 Å². The van der Waals surface area contributed by atoms with Crippen molar-refractivity contribution in [2.45, 2.75) is 26.0 Å². The van der Waals surface area contributed by atoms with Gasteiger partial charge in [0.05, 0.1) is 10.7 Å². The first-order valence-corrected chi connectivity index (χ1v) is 5.95. The number of thiocarbonyl (C=S) groups is 1. The Hall–Kier alpha value is -0.550. The van der Waals surface area contributed by atoms with Crippen molar-refractivity contribution in [2.75, 3.05) is 5.75 Å². The lowest BCUT2D eigenvalue weighted by Gasteiger charge is -1.99. The largest absolute Gasteiger partial charge is 0.393 e. The molecule has 0 saturated carbocycles. The summed E-state index contributed by atoms with van der Waals surface area (Å²) < 4.78 is 5.06. The van der Waals surface area contributed by atoms with Gasteiger partial charge in [0, 0.05) is 17.7 Å². The molecule has 3 nitrogen and oxygen atoms in total. The van der Waals surface area contributed by atoms with E-state index < -0.39 is 0 Å². The first-order chi connectivity index (χ1) is 6.61. The van der Waals surface area contributed by atoms with Crippen LogP contribution in [0.25, 0.3) is 0 Å². The number of nitrogens with zero attached hydrogens (tertiary/aromatic N) is 1. The first kappa shape index (κ1) is 11.5. The van der Waals surface area contributed by atoms with Crippen LogP contribution in [0.1, 0.15) is 23.4 Å². The van der Waals surface area contributed by atoms with Crippen LogP contribution in [0.2, 0.25) is 0 Å². The highest BCUT2D eigenvalue weighted by Gasteiger charge is 2.08. The van der Waals surface area contributed by atoms with E-state index in [2.05, 4.69) is 5.16 Å². The van der Waals surface area contributed by atoms with Crippen molar-refractivity contribution in [3.05, 3.63) is 17.0 Å². The fourth-order valence-electron chi connectivity index (χ4n) is 1.05. The Kier molecular flexibility index (Phi) is 4.41.